The number of carboxylic acids is 1. The van der Waals surface area contributed by atoms with Crippen LogP contribution in [0.5, 0.6) is 5.75 Å². The lowest BCUT2D eigenvalue weighted by Crippen LogP contribution is -2.45. The lowest BCUT2D eigenvalue weighted by Gasteiger charge is -2.26. The monoisotopic (exact) mass is 400 g/mol. The Morgan fingerprint density at radius 3 is 2.83 bits per heavy atom. The molecule has 1 aromatic rings. The van der Waals surface area contributed by atoms with E-state index in [1.807, 2.05) is 4.90 Å². The van der Waals surface area contributed by atoms with E-state index < -0.39 is 24.4 Å². The zero-order chi connectivity index (χ0) is 20.4. The molecule has 2 fully saturated rings. The van der Waals surface area contributed by atoms with E-state index in [9.17, 15) is 19.5 Å². The Labute approximate surface area is 168 Å². The first kappa shape index (κ1) is 19.2. The summed E-state index contributed by atoms with van der Waals surface area (Å²) in [6.07, 6.45) is 3.60. The maximum Gasteiger partial charge on any atom is 0.307 e. The SMILES string of the molecule is O=C(O)CC(Oc1ccc2c(c1)CN1CC(=O)NC1=N2)C(=O)NC1CCCCC1. The second kappa shape index (κ2) is 8.10. The van der Waals surface area contributed by atoms with Gasteiger partial charge in [-0.25, -0.2) is 4.99 Å². The number of carbonyl (C=O) groups is 3. The van der Waals surface area contributed by atoms with Gasteiger partial charge in [0, 0.05) is 18.2 Å². The number of fused-ring (bicyclic) bond motifs is 2. The van der Waals surface area contributed by atoms with E-state index in [2.05, 4.69) is 15.6 Å². The van der Waals surface area contributed by atoms with Gasteiger partial charge in [0.1, 0.15) is 12.3 Å². The molecule has 9 nitrogen and oxygen atoms in total. The number of ether oxygens (including phenoxy) is 1. The molecule has 1 saturated carbocycles. The van der Waals surface area contributed by atoms with E-state index >= 15 is 0 Å². The fraction of sp³-hybridized carbons (Fsp3) is 0.500. The number of carboxylic acid groups (broad SMARTS) is 1. The normalized spacial score (nSPS) is 19.5. The van der Waals surface area contributed by atoms with Gasteiger partial charge in [-0.05, 0) is 31.0 Å². The molecule has 0 bridgehead atoms. The summed E-state index contributed by atoms with van der Waals surface area (Å²) in [6, 6.07) is 5.24. The minimum Gasteiger partial charge on any atom is -0.481 e. The highest BCUT2D eigenvalue weighted by atomic mass is 16.5. The van der Waals surface area contributed by atoms with Crippen LogP contribution in [0.25, 0.3) is 0 Å². The number of aliphatic imine (C=N–C) groups is 1. The number of nitrogens with one attached hydrogen (secondary N) is 2. The van der Waals surface area contributed by atoms with Gasteiger partial charge in [0.15, 0.2) is 6.10 Å². The van der Waals surface area contributed by atoms with Crippen LogP contribution in [-0.2, 0) is 20.9 Å². The van der Waals surface area contributed by atoms with E-state index in [-0.39, 0.29) is 18.5 Å². The number of amides is 2. The van der Waals surface area contributed by atoms with Crippen LogP contribution in [0.2, 0.25) is 0 Å². The predicted molar refractivity (Wildman–Crippen MR) is 104 cm³/mol. The van der Waals surface area contributed by atoms with Crippen molar-refractivity contribution < 1.29 is 24.2 Å². The molecule has 4 rings (SSSR count). The molecule has 3 aliphatic rings. The fourth-order valence-electron chi connectivity index (χ4n) is 3.96. The third-order valence-electron chi connectivity index (χ3n) is 5.41. The van der Waals surface area contributed by atoms with Gasteiger partial charge in [-0.15, -0.1) is 0 Å². The van der Waals surface area contributed by atoms with Crippen molar-refractivity contribution in [2.45, 2.75) is 57.2 Å². The van der Waals surface area contributed by atoms with E-state index in [4.69, 9.17) is 4.74 Å². The number of guanidine groups is 1. The van der Waals surface area contributed by atoms with Gasteiger partial charge in [0.2, 0.25) is 11.9 Å². The summed E-state index contributed by atoms with van der Waals surface area (Å²) in [5.41, 5.74) is 1.57. The molecule has 29 heavy (non-hydrogen) atoms. The summed E-state index contributed by atoms with van der Waals surface area (Å²) >= 11 is 0. The second-order valence-electron chi connectivity index (χ2n) is 7.68. The third-order valence-corrected chi connectivity index (χ3v) is 5.41. The smallest absolute Gasteiger partial charge is 0.307 e. The Bertz CT molecular complexity index is 862. The number of rotatable bonds is 6. The van der Waals surface area contributed by atoms with Crippen molar-refractivity contribution in [3.05, 3.63) is 23.8 Å². The zero-order valence-corrected chi connectivity index (χ0v) is 16.0. The first-order valence-electron chi connectivity index (χ1n) is 9.93. The first-order valence-corrected chi connectivity index (χ1v) is 9.93. The topological polar surface area (TPSA) is 120 Å². The Kier molecular flexibility index (Phi) is 5.37. The minimum absolute atomic E-state index is 0.0765. The standard InChI is InChI=1S/C20H24N4O5/c25-17-11-24-10-12-8-14(6-7-15(12)22-20(24)23-17)29-16(9-18(26)27)19(28)21-13-4-2-1-3-5-13/h6-8,13,16H,1-5,9-11H2,(H,21,28)(H,26,27)(H,22,23,25). The number of hydrogen-bond donors (Lipinski definition) is 3. The van der Waals surface area contributed by atoms with Crippen molar-refractivity contribution >= 4 is 29.4 Å². The first-order chi connectivity index (χ1) is 14.0. The molecule has 2 amide bonds. The molecular weight excluding hydrogens is 376 g/mol. The van der Waals surface area contributed by atoms with Gasteiger partial charge >= 0.3 is 5.97 Å². The van der Waals surface area contributed by atoms with Gasteiger partial charge in [-0.1, -0.05) is 19.3 Å². The average molecular weight is 400 g/mol. The van der Waals surface area contributed by atoms with Crippen molar-refractivity contribution in [1.82, 2.24) is 15.5 Å². The van der Waals surface area contributed by atoms with Crippen LogP contribution in [0.4, 0.5) is 5.69 Å². The quantitative estimate of drug-likeness (QED) is 0.662. The van der Waals surface area contributed by atoms with Crippen molar-refractivity contribution in [3.8, 4) is 5.75 Å². The second-order valence-corrected chi connectivity index (χ2v) is 7.68. The van der Waals surface area contributed by atoms with Crippen LogP contribution < -0.4 is 15.4 Å². The van der Waals surface area contributed by atoms with Crippen LogP contribution in [0.3, 0.4) is 0 Å². The number of hydrogen-bond acceptors (Lipinski definition) is 6. The molecule has 1 saturated heterocycles. The van der Waals surface area contributed by atoms with E-state index in [1.54, 1.807) is 18.2 Å². The molecular formula is C20H24N4O5. The maximum atomic E-state index is 12.7. The Hall–Kier alpha value is -3.10. The molecule has 1 atom stereocenters. The summed E-state index contributed by atoms with van der Waals surface area (Å²) in [6.45, 7) is 0.733. The number of benzene rings is 1. The Morgan fingerprint density at radius 1 is 1.28 bits per heavy atom. The highest BCUT2D eigenvalue weighted by Crippen LogP contribution is 2.31. The molecule has 1 aromatic carbocycles. The van der Waals surface area contributed by atoms with Crippen LogP contribution in [0.1, 0.15) is 44.1 Å². The lowest BCUT2D eigenvalue weighted by atomic mass is 9.95. The van der Waals surface area contributed by atoms with Crippen molar-refractivity contribution in [1.29, 1.82) is 0 Å². The Morgan fingerprint density at radius 2 is 2.07 bits per heavy atom. The molecule has 2 aliphatic heterocycles. The van der Waals surface area contributed by atoms with Crippen molar-refractivity contribution in [2.24, 2.45) is 4.99 Å². The molecule has 0 radical (unpaired) electrons. The van der Waals surface area contributed by atoms with Crippen LogP contribution in [0, 0.1) is 0 Å². The minimum atomic E-state index is -1.11. The number of carbonyl (C=O) groups excluding carboxylic acids is 2. The summed E-state index contributed by atoms with van der Waals surface area (Å²) in [5.74, 6) is -0.652. The van der Waals surface area contributed by atoms with Gasteiger partial charge in [-0.2, -0.15) is 0 Å². The molecule has 0 aromatic heterocycles. The Balaban J connectivity index is 1.47. The van der Waals surface area contributed by atoms with Crippen LogP contribution in [-0.4, -0.2) is 52.4 Å². The number of nitrogens with zero attached hydrogens (tertiary/aromatic N) is 2. The van der Waals surface area contributed by atoms with Gasteiger partial charge in [0.05, 0.1) is 12.1 Å². The molecule has 154 valence electrons. The maximum absolute atomic E-state index is 12.7. The molecule has 1 unspecified atom stereocenters. The predicted octanol–water partition coefficient (Wildman–Crippen LogP) is 1.29. The van der Waals surface area contributed by atoms with E-state index in [0.717, 1.165) is 31.2 Å². The average Bonchev–Trinajstić information content (AvgIpc) is 3.04. The lowest BCUT2D eigenvalue weighted by molar-refractivity contribution is -0.143. The number of aliphatic carboxylic acids is 1. The molecule has 1 aliphatic carbocycles. The largest absolute Gasteiger partial charge is 0.481 e. The highest BCUT2D eigenvalue weighted by Gasteiger charge is 2.30. The van der Waals surface area contributed by atoms with Crippen LogP contribution >= 0.6 is 0 Å². The zero-order valence-electron chi connectivity index (χ0n) is 16.0. The molecule has 0 spiro atoms. The van der Waals surface area contributed by atoms with Gasteiger partial charge < -0.3 is 20.1 Å². The van der Waals surface area contributed by atoms with E-state index in [1.165, 1.54) is 6.42 Å². The van der Waals surface area contributed by atoms with Gasteiger partial charge in [-0.3, -0.25) is 19.7 Å². The summed E-state index contributed by atoms with van der Waals surface area (Å²) < 4.78 is 5.78. The van der Waals surface area contributed by atoms with E-state index in [0.29, 0.717) is 23.9 Å². The summed E-state index contributed by atoms with van der Waals surface area (Å²) in [5, 5.41) is 14.9. The third kappa shape index (κ3) is 4.49. The van der Waals surface area contributed by atoms with Gasteiger partial charge in [0.25, 0.3) is 5.91 Å². The fourth-order valence-corrected chi connectivity index (χ4v) is 3.96. The van der Waals surface area contributed by atoms with Crippen molar-refractivity contribution in [3.63, 3.8) is 0 Å². The van der Waals surface area contributed by atoms with Crippen molar-refractivity contribution in [2.75, 3.05) is 6.54 Å². The highest BCUT2D eigenvalue weighted by molar-refractivity contribution is 6.05. The molecule has 3 N–H and O–H groups in total. The van der Waals surface area contributed by atoms with Crippen LogP contribution in [0.15, 0.2) is 23.2 Å². The summed E-state index contributed by atoms with van der Waals surface area (Å²) in [4.78, 5) is 41.7. The summed E-state index contributed by atoms with van der Waals surface area (Å²) in [7, 11) is 0. The molecule has 9 heteroatoms. The molecule has 2 heterocycles.